The summed E-state index contributed by atoms with van der Waals surface area (Å²) in [6.07, 6.45) is 0. The maximum atomic E-state index is 12.9. The number of hydrogen-bond donors (Lipinski definition) is 2. The second-order valence-electron chi connectivity index (χ2n) is 6.17. The third-order valence-corrected chi connectivity index (χ3v) is 4.26. The predicted octanol–water partition coefficient (Wildman–Crippen LogP) is 2.50. The Hall–Kier alpha value is -2.50. The SMILES string of the molecule is COCCNCCNC(=O)c1ccccc1C(=O)c1ccc(C)c(C)c1. The zero-order chi connectivity index (χ0) is 18.9. The monoisotopic (exact) mass is 354 g/mol. The summed E-state index contributed by atoms with van der Waals surface area (Å²) in [5, 5.41) is 6.01. The first kappa shape index (κ1) is 19.8. The Bertz CT molecular complexity index is 772. The van der Waals surface area contributed by atoms with Crippen LogP contribution in [-0.4, -0.2) is 45.0 Å². The predicted molar refractivity (Wildman–Crippen MR) is 103 cm³/mol. The Morgan fingerprint density at radius 1 is 0.923 bits per heavy atom. The molecule has 0 radical (unpaired) electrons. The number of benzene rings is 2. The summed E-state index contributed by atoms with van der Waals surface area (Å²) in [6, 6.07) is 12.5. The van der Waals surface area contributed by atoms with E-state index < -0.39 is 0 Å². The van der Waals surface area contributed by atoms with Crippen molar-refractivity contribution in [2.24, 2.45) is 0 Å². The van der Waals surface area contributed by atoms with Crippen LogP contribution in [0.25, 0.3) is 0 Å². The van der Waals surface area contributed by atoms with Gasteiger partial charge in [-0.1, -0.05) is 30.3 Å². The van der Waals surface area contributed by atoms with Gasteiger partial charge in [0.05, 0.1) is 12.2 Å². The van der Waals surface area contributed by atoms with E-state index in [2.05, 4.69) is 10.6 Å². The Labute approximate surface area is 154 Å². The van der Waals surface area contributed by atoms with E-state index in [1.807, 2.05) is 26.0 Å². The van der Waals surface area contributed by atoms with E-state index in [9.17, 15) is 9.59 Å². The molecule has 0 unspecified atom stereocenters. The molecule has 0 aliphatic heterocycles. The van der Waals surface area contributed by atoms with Crippen molar-refractivity contribution in [1.29, 1.82) is 0 Å². The van der Waals surface area contributed by atoms with Gasteiger partial charge in [-0.25, -0.2) is 0 Å². The molecule has 0 atom stereocenters. The maximum absolute atomic E-state index is 12.9. The number of ether oxygens (including phenoxy) is 1. The highest BCUT2D eigenvalue weighted by molar-refractivity contribution is 6.15. The number of amides is 1. The lowest BCUT2D eigenvalue weighted by Gasteiger charge is -2.11. The molecule has 5 heteroatoms. The van der Waals surface area contributed by atoms with Gasteiger partial charge in [-0.2, -0.15) is 0 Å². The number of aryl methyl sites for hydroxylation is 2. The van der Waals surface area contributed by atoms with Crippen LogP contribution in [0.2, 0.25) is 0 Å². The lowest BCUT2D eigenvalue weighted by atomic mass is 9.95. The first-order valence-corrected chi connectivity index (χ1v) is 8.73. The van der Waals surface area contributed by atoms with E-state index in [1.165, 1.54) is 0 Å². The van der Waals surface area contributed by atoms with Gasteiger partial charge in [0.15, 0.2) is 5.78 Å². The summed E-state index contributed by atoms with van der Waals surface area (Å²) in [5.74, 6) is -0.386. The van der Waals surface area contributed by atoms with Gasteiger partial charge in [0.1, 0.15) is 0 Å². The van der Waals surface area contributed by atoms with Crippen molar-refractivity contribution in [1.82, 2.24) is 10.6 Å². The smallest absolute Gasteiger partial charge is 0.252 e. The van der Waals surface area contributed by atoms with Gasteiger partial charge in [0.25, 0.3) is 5.91 Å². The molecule has 0 spiro atoms. The number of hydrogen-bond acceptors (Lipinski definition) is 4. The topological polar surface area (TPSA) is 67.4 Å². The molecule has 0 fully saturated rings. The van der Waals surface area contributed by atoms with Gasteiger partial charge >= 0.3 is 0 Å². The molecule has 0 saturated carbocycles. The standard InChI is InChI=1S/C21H26N2O3/c1-15-8-9-17(14-16(15)2)20(24)18-6-4-5-7-19(18)21(25)23-11-10-22-12-13-26-3/h4-9,14,22H,10-13H2,1-3H3,(H,23,25). The van der Waals surface area contributed by atoms with Crippen LogP contribution >= 0.6 is 0 Å². The molecule has 0 bridgehead atoms. The summed E-state index contributed by atoms with van der Waals surface area (Å²) < 4.78 is 4.95. The minimum atomic E-state index is -0.244. The number of methoxy groups -OCH3 is 1. The van der Waals surface area contributed by atoms with Crippen LogP contribution in [0.5, 0.6) is 0 Å². The summed E-state index contributed by atoms with van der Waals surface area (Å²) in [7, 11) is 1.65. The average molecular weight is 354 g/mol. The van der Waals surface area contributed by atoms with E-state index >= 15 is 0 Å². The molecule has 2 rings (SSSR count). The molecule has 26 heavy (non-hydrogen) atoms. The van der Waals surface area contributed by atoms with E-state index in [1.54, 1.807) is 37.4 Å². The summed E-state index contributed by atoms with van der Waals surface area (Å²) in [4.78, 5) is 25.4. The van der Waals surface area contributed by atoms with Gasteiger partial charge in [0.2, 0.25) is 0 Å². The lowest BCUT2D eigenvalue weighted by molar-refractivity contribution is 0.0942. The highest BCUT2D eigenvalue weighted by Crippen LogP contribution is 2.17. The maximum Gasteiger partial charge on any atom is 0.252 e. The quantitative estimate of drug-likeness (QED) is 0.536. The Morgan fingerprint density at radius 2 is 1.65 bits per heavy atom. The lowest BCUT2D eigenvalue weighted by Crippen LogP contribution is -2.33. The van der Waals surface area contributed by atoms with Crippen LogP contribution < -0.4 is 10.6 Å². The first-order chi connectivity index (χ1) is 12.5. The molecular formula is C21H26N2O3. The van der Waals surface area contributed by atoms with Gasteiger partial charge < -0.3 is 15.4 Å². The molecule has 138 valence electrons. The van der Waals surface area contributed by atoms with E-state index in [4.69, 9.17) is 4.74 Å². The second-order valence-corrected chi connectivity index (χ2v) is 6.17. The van der Waals surface area contributed by atoms with Crippen LogP contribution in [0, 0.1) is 13.8 Å². The van der Waals surface area contributed by atoms with Crippen molar-refractivity contribution in [3.63, 3.8) is 0 Å². The summed E-state index contributed by atoms with van der Waals surface area (Å²) >= 11 is 0. The molecule has 0 saturated heterocycles. The molecule has 5 nitrogen and oxygen atoms in total. The molecule has 0 heterocycles. The van der Waals surface area contributed by atoms with E-state index in [-0.39, 0.29) is 11.7 Å². The Morgan fingerprint density at radius 3 is 2.35 bits per heavy atom. The molecule has 2 N–H and O–H groups in total. The average Bonchev–Trinajstić information content (AvgIpc) is 2.66. The fourth-order valence-electron chi connectivity index (χ4n) is 2.58. The van der Waals surface area contributed by atoms with Crippen molar-refractivity contribution in [2.45, 2.75) is 13.8 Å². The van der Waals surface area contributed by atoms with Crippen molar-refractivity contribution in [3.05, 3.63) is 70.3 Å². The van der Waals surface area contributed by atoms with Crippen LogP contribution in [-0.2, 0) is 4.74 Å². The molecule has 2 aromatic rings. The Kier molecular flexibility index (Phi) is 7.51. The third kappa shape index (κ3) is 5.25. The van der Waals surface area contributed by atoms with Crippen molar-refractivity contribution >= 4 is 11.7 Å². The molecule has 0 aromatic heterocycles. The second kappa shape index (κ2) is 9.85. The highest BCUT2D eigenvalue weighted by Gasteiger charge is 2.18. The number of nitrogens with one attached hydrogen (secondary N) is 2. The van der Waals surface area contributed by atoms with E-state index in [0.29, 0.717) is 36.4 Å². The number of rotatable bonds is 9. The number of carbonyl (C=O) groups excluding carboxylic acids is 2. The molecule has 2 aromatic carbocycles. The van der Waals surface area contributed by atoms with Gasteiger partial charge in [-0.3, -0.25) is 9.59 Å². The Balaban J connectivity index is 2.07. The van der Waals surface area contributed by atoms with E-state index in [0.717, 1.165) is 17.7 Å². The van der Waals surface area contributed by atoms with Gasteiger partial charge in [-0.05, 0) is 37.1 Å². The zero-order valence-corrected chi connectivity index (χ0v) is 15.6. The number of ketones is 1. The minimum Gasteiger partial charge on any atom is -0.383 e. The van der Waals surface area contributed by atoms with Gasteiger partial charge in [-0.15, -0.1) is 0 Å². The highest BCUT2D eigenvalue weighted by atomic mass is 16.5. The molecule has 1 amide bonds. The summed E-state index contributed by atoms with van der Waals surface area (Å²) in [5.41, 5.74) is 3.59. The van der Waals surface area contributed by atoms with Crippen LogP contribution in [0.3, 0.4) is 0 Å². The first-order valence-electron chi connectivity index (χ1n) is 8.73. The zero-order valence-electron chi connectivity index (χ0n) is 15.6. The largest absolute Gasteiger partial charge is 0.383 e. The van der Waals surface area contributed by atoms with Crippen molar-refractivity contribution in [2.75, 3.05) is 33.4 Å². The van der Waals surface area contributed by atoms with Crippen LogP contribution in [0.4, 0.5) is 0 Å². The molecule has 0 aliphatic carbocycles. The van der Waals surface area contributed by atoms with Crippen molar-refractivity contribution in [3.8, 4) is 0 Å². The molecular weight excluding hydrogens is 328 g/mol. The van der Waals surface area contributed by atoms with Crippen molar-refractivity contribution < 1.29 is 14.3 Å². The molecule has 0 aliphatic rings. The van der Waals surface area contributed by atoms with Gasteiger partial charge in [0, 0.05) is 37.9 Å². The fourth-order valence-corrected chi connectivity index (χ4v) is 2.58. The number of carbonyl (C=O) groups is 2. The normalized spacial score (nSPS) is 10.6. The third-order valence-electron chi connectivity index (χ3n) is 4.26. The van der Waals surface area contributed by atoms with Crippen LogP contribution in [0.1, 0.15) is 37.4 Å². The minimum absolute atomic E-state index is 0.142. The summed E-state index contributed by atoms with van der Waals surface area (Å²) in [6.45, 7) is 6.46. The fraction of sp³-hybridized carbons (Fsp3) is 0.333. The van der Waals surface area contributed by atoms with Crippen LogP contribution in [0.15, 0.2) is 42.5 Å².